The maximum atomic E-state index is 11.8. The van der Waals surface area contributed by atoms with Crippen molar-refractivity contribution in [1.29, 1.82) is 0 Å². The van der Waals surface area contributed by atoms with Crippen LogP contribution in [-0.2, 0) is 9.53 Å². The van der Waals surface area contributed by atoms with Gasteiger partial charge in [-0.1, -0.05) is 0 Å². The first-order valence-electron chi connectivity index (χ1n) is 5.62. The Bertz CT molecular complexity index is 324. The molecule has 0 radical (unpaired) electrons. The van der Waals surface area contributed by atoms with Crippen molar-refractivity contribution in [3.63, 3.8) is 0 Å². The van der Waals surface area contributed by atoms with Gasteiger partial charge in [-0.05, 0) is 27.2 Å². The quantitative estimate of drug-likeness (QED) is 0.744. The second kappa shape index (κ2) is 4.52. The highest BCUT2D eigenvalue weighted by atomic mass is 16.6. The van der Waals surface area contributed by atoms with Gasteiger partial charge in [-0.2, -0.15) is 0 Å². The molecule has 1 rings (SSSR count). The Kier molecular flexibility index (Phi) is 3.66. The zero-order chi connectivity index (χ0) is 13.3. The standard InChI is InChI=1S/C11H20N2O4/c1-10(2,3)17-9(16)13-5-4-11(6-12,7-13)8(14)15/h4-7,12H2,1-3H3,(H,14,15). The fraction of sp³-hybridized carbons (Fsp3) is 0.818. The number of hydrogen-bond acceptors (Lipinski definition) is 4. The number of likely N-dealkylation sites (tertiary alicyclic amines) is 1. The summed E-state index contributed by atoms with van der Waals surface area (Å²) in [5, 5.41) is 9.14. The summed E-state index contributed by atoms with van der Waals surface area (Å²) in [6.45, 7) is 5.84. The van der Waals surface area contributed by atoms with E-state index in [2.05, 4.69) is 0 Å². The maximum absolute atomic E-state index is 11.8. The topological polar surface area (TPSA) is 92.9 Å². The van der Waals surface area contributed by atoms with Gasteiger partial charge in [0, 0.05) is 19.6 Å². The first-order chi connectivity index (χ1) is 7.70. The fourth-order valence-electron chi connectivity index (χ4n) is 1.78. The van der Waals surface area contributed by atoms with E-state index in [9.17, 15) is 9.59 Å². The zero-order valence-electron chi connectivity index (χ0n) is 10.5. The summed E-state index contributed by atoms with van der Waals surface area (Å²) in [6, 6.07) is 0. The minimum absolute atomic E-state index is 0.0294. The minimum atomic E-state index is -1.02. The monoisotopic (exact) mass is 244 g/mol. The molecule has 1 amide bonds. The third-order valence-electron chi connectivity index (χ3n) is 2.85. The molecule has 17 heavy (non-hydrogen) atoms. The van der Waals surface area contributed by atoms with Gasteiger partial charge < -0.3 is 20.5 Å². The number of carboxylic acids is 1. The molecule has 1 heterocycles. The van der Waals surface area contributed by atoms with Gasteiger partial charge in [-0.25, -0.2) is 4.79 Å². The van der Waals surface area contributed by atoms with Crippen molar-refractivity contribution in [1.82, 2.24) is 4.90 Å². The minimum Gasteiger partial charge on any atom is -0.481 e. The second-order valence-electron chi connectivity index (χ2n) is 5.44. The molecule has 0 bridgehead atoms. The molecule has 0 saturated carbocycles. The van der Waals surface area contributed by atoms with Crippen LogP contribution >= 0.6 is 0 Å². The summed E-state index contributed by atoms with van der Waals surface area (Å²) in [5.41, 5.74) is 3.91. The number of carbonyl (C=O) groups is 2. The molecule has 1 atom stereocenters. The summed E-state index contributed by atoms with van der Waals surface area (Å²) >= 11 is 0. The highest BCUT2D eigenvalue weighted by Gasteiger charge is 2.46. The fourth-order valence-corrected chi connectivity index (χ4v) is 1.78. The van der Waals surface area contributed by atoms with Gasteiger partial charge in [0.1, 0.15) is 5.60 Å². The lowest BCUT2D eigenvalue weighted by Gasteiger charge is -2.26. The molecule has 0 aliphatic carbocycles. The molecule has 3 N–H and O–H groups in total. The first kappa shape index (κ1) is 13.8. The largest absolute Gasteiger partial charge is 0.481 e. The number of aliphatic carboxylic acids is 1. The molecule has 1 unspecified atom stereocenters. The third kappa shape index (κ3) is 3.09. The Morgan fingerprint density at radius 2 is 2.06 bits per heavy atom. The first-order valence-corrected chi connectivity index (χ1v) is 5.62. The van der Waals surface area contributed by atoms with Crippen molar-refractivity contribution in [2.45, 2.75) is 32.8 Å². The van der Waals surface area contributed by atoms with Gasteiger partial charge in [-0.15, -0.1) is 0 Å². The molecule has 98 valence electrons. The van der Waals surface area contributed by atoms with Crippen LogP contribution in [-0.4, -0.2) is 47.3 Å². The van der Waals surface area contributed by atoms with E-state index in [1.807, 2.05) is 0 Å². The summed E-state index contributed by atoms with van der Waals surface area (Å²) in [4.78, 5) is 24.3. The number of nitrogens with zero attached hydrogens (tertiary/aromatic N) is 1. The zero-order valence-corrected chi connectivity index (χ0v) is 10.5. The maximum Gasteiger partial charge on any atom is 0.410 e. The average molecular weight is 244 g/mol. The number of hydrogen-bond donors (Lipinski definition) is 2. The van der Waals surface area contributed by atoms with Crippen molar-refractivity contribution in [2.24, 2.45) is 11.1 Å². The van der Waals surface area contributed by atoms with Crippen molar-refractivity contribution >= 4 is 12.1 Å². The summed E-state index contributed by atoms with van der Waals surface area (Å²) in [7, 11) is 0. The third-order valence-corrected chi connectivity index (χ3v) is 2.85. The molecule has 0 aromatic rings. The Balaban J connectivity index is 2.67. The predicted molar refractivity (Wildman–Crippen MR) is 61.5 cm³/mol. The van der Waals surface area contributed by atoms with Crippen LogP contribution in [0.5, 0.6) is 0 Å². The molecule has 1 aliphatic heterocycles. The summed E-state index contributed by atoms with van der Waals surface area (Å²) in [6.07, 6.45) is -0.105. The van der Waals surface area contributed by atoms with E-state index in [1.54, 1.807) is 20.8 Å². The SMILES string of the molecule is CC(C)(C)OC(=O)N1CCC(CN)(C(=O)O)C1. The molecule has 0 aromatic carbocycles. The molecule has 6 nitrogen and oxygen atoms in total. The van der Waals surface area contributed by atoms with E-state index < -0.39 is 23.1 Å². The predicted octanol–water partition coefficient (Wildman–Crippen LogP) is 0.657. The molecular formula is C11H20N2O4. The van der Waals surface area contributed by atoms with Crippen molar-refractivity contribution in [3.8, 4) is 0 Å². The van der Waals surface area contributed by atoms with Crippen LogP contribution in [0.3, 0.4) is 0 Å². The van der Waals surface area contributed by atoms with E-state index in [4.69, 9.17) is 15.6 Å². The highest BCUT2D eigenvalue weighted by Crippen LogP contribution is 2.30. The number of nitrogens with two attached hydrogens (primary N) is 1. The van der Waals surface area contributed by atoms with Gasteiger partial charge in [0.15, 0.2) is 0 Å². The highest BCUT2D eigenvalue weighted by molar-refractivity contribution is 5.78. The van der Waals surface area contributed by atoms with Crippen LogP contribution in [0.1, 0.15) is 27.2 Å². The lowest BCUT2D eigenvalue weighted by Crippen LogP contribution is -2.43. The molecule has 0 aromatic heterocycles. The molecular weight excluding hydrogens is 224 g/mol. The second-order valence-corrected chi connectivity index (χ2v) is 5.44. The van der Waals surface area contributed by atoms with E-state index in [0.29, 0.717) is 13.0 Å². The number of ether oxygens (including phenoxy) is 1. The van der Waals surface area contributed by atoms with Crippen molar-refractivity contribution in [3.05, 3.63) is 0 Å². The van der Waals surface area contributed by atoms with Crippen LogP contribution in [0.4, 0.5) is 4.79 Å². The number of rotatable bonds is 2. The Morgan fingerprint density at radius 1 is 1.47 bits per heavy atom. The smallest absolute Gasteiger partial charge is 0.410 e. The van der Waals surface area contributed by atoms with E-state index in [-0.39, 0.29) is 13.1 Å². The van der Waals surface area contributed by atoms with Crippen molar-refractivity contribution in [2.75, 3.05) is 19.6 Å². The van der Waals surface area contributed by atoms with Crippen LogP contribution in [0, 0.1) is 5.41 Å². The van der Waals surface area contributed by atoms with Gasteiger partial charge in [0.2, 0.25) is 0 Å². The average Bonchev–Trinajstić information content (AvgIpc) is 2.60. The summed E-state index contributed by atoms with van der Waals surface area (Å²) < 4.78 is 5.19. The number of amides is 1. The van der Waals surface area contributed by atoms with Gasteiger partial charge >= 0.3 is 12.1 Å². The van der Waals surface area contributed by atoms with Crippen LogP contribution in [0.25, 0.3) is 0 Å². The Morgan fingerprint density at radius 3 is 2.41 bits per heavy atom. The summed E-state index contributed by atoms with van der Waals surface area (Å²) in [5.74, 6) is -0.953. The Hall–Kier alpha value is -1.30. The molecule has 1 aliphatic rings. The van der Waals surface area contributed by atoms with Gasteiger partial charge in [-0.3, -0.25) is 4.79 Å². The number of carboxylic acid groups (broad SMARTS) is 1. The van der Waals surface area contributed by atoms with Crippen LogP contribution in [0.15, 0.2) is 0 Å². The molecule has 6 heteroatoms. The van der Waals surface area contributed by atoms with E-state index in [1.165, 1.54) is 4.90 Å². The van der Waals surface area contributed by atoms with Crippen LogP contribution in [0.2, 0.25) is 0 Å². The van der Waals surface area contributed by atoms with Gasteiger partial charge in [0.05, 0.1) is 5.41 Å². The van der Waals surface area contributed by atoms with Crippen molar-refractivity contribution < 1.29 is 19.4 Å². The van der Waals surface area contributed by atoms with E-state index in [0.717, 1.165) is 0 Å². The molecule has 0 spiro atoms. The normalized spacial score (nSPS) is 24.8. The van der Waals surface area contributed by atoms with Gasteiger partial charge in [0.25, 0.3) is 0 Å². The lowest BCUT2D eigenvalue weighted by molar-refractivity contribution is -0.147. The molecule has 1 saturated heterocycles. The number of carbonyl (C=O) groups excluding carboxylic acids is 1. The molecule has 1 fully saturated rings. The Labute approximate surface area is 101 Å². The van der Waals surface area contributed by atoms with Crippen LogP contribution < -0.4 is 5.73 Å². The lowest BCUT2D eigenvalue weighted by atomic mass is 9.88. The van der Waals surface area contributed by atoms with E-state index >= 15 is 0 Å².